The number of carbonyl (C=O) groups excluding carboxylic acids is 2. The van der Waals surface area contributed by atoms with Gasteiger partial charge in [0, 0.05) is 13.1 Å². The normalized spacial score (nSPS) is 12.0. The summed E-state index contributed by atoms with van der Waals surface area (Å²) in [6.45, 7) is 5.15. The van der Waals surface area contributed by atoms with Gasteiger partial charge in [0.2, 0.25) is 11.8 Å². The van der Waals surface area contributed by atoms with Crippen molar-refractivity contribution >= 4 is 17.5 Å². The first-order valence-corrected chi connectivity index (χ1v) is 5.48. The Kier molecular flexibility index (Phi) is 4.63. The van der Waals surface area contributed by atoms with Crippen molar-refractivity contribution in [1.29, 1.82) is 0 Å². The van der Waals surface area contributed by atoms with Gasteiger partial charge >= 0.3 is 0 Å². The molecule has 0 spiro atoms. The Morgan fingerprint density at radius 1 is 1.35 bits per heavy atom. The van der Waals surface area contributed by atoms with Crippen LogP contribution < -0.4 is 10.6 Å². The van der Waals surface area contributed by atoms with Crippen LogP contribution in [-0.2, 0) is 9.59 Å². The molecule has 1 aromatic rings. The number of rotatable bonds is 4. The van der Waals surface area contributed by atoms with Crippen molar-refractivity contribution < 1.29 is 9.59 Å². The van der Waals surface area contributed by atoms with Gasteiger partial charge < -0.3 is 10.6 Å². The average molecular weight is 235 g/mol. The number of pyridine rings is 1. The second-order valence-electron chi connectivity index (χ2n) is 4.15. The second-order valence-corrected chi connectivity index (χ2v) is 4.15. The van der Waals surface area contributed by atoms with Gasteiger partial charge in [-0.25, -0.2) is 0 Å². The average Bonchev–Trinajstić information content (AvgIpc) is 2.26. The number of nitrogens with zero attached hydrogens (tertiary/aromatic N) is 1. The van der Waals surface area contributed by atoms with Gasteiger partial charge in [-0.1, -0.05) is 13.8 Å². The summed E-state index contributed by atoms with van der Waals surface area (Å²) in [6.07, 6.45) is 3.19. The highest BCUT2D eigenvalue weighted by molar-refractivity contribution is 5.96. The van der Waals surface area contributed by atoms with E-state index >= 15 is 0 Å². The molecule has 1 atom stereocenters. The summed E-state index contributed by atoms with van der Waals surface area (Å²) < 4.78 is 0. The van der Waals surface area contributed by atoms with Crippen molar-refractivity contribution in [2.75, 3.05) is 5.32 Å². The van der Waals surface area contributed by atoms with Crippen molar-refractivity contribution in [3.8, 4) is 0 Å². The fraction of sp³-hybridized carbons (Fsp3) is 0.417. The lowest BCUT2D eigenvalue weighted by atomic mass is 10.0. The van der Waals surface area contributed by atoms with Crippen molar-refractivity contribution in [1.82, 2.24) is 10.3 Å². The molecule has 1 unspecified atom stereocenters. The Morgan fingerprint density at radius 3 is 2.53 bits per heavy atom. The SMILES string of the molecule is CC(=O)NC(C(=O)Nc1cccnc1)C(C)C. The molecule has 0 aromatic carbocycles. The summed E-state index contributed by atoms with van der Waals surface area (Å²) in [6, 6.07) is 2.95. The topological polar surface area (TPSA) is 71.1 Å². The molecule has 2 N–H and O–H groups in total. The quantitative estimate of drug-likeness (QED) is 0.823. The van der Waals surface area contributed by atoms with Crippen LogP contribution >= 0.6 is 0 Å². The van der Waals surface area contributed by atoms with Crippen molar-refractivity contribution in [3.05, 3.63) is 24.5 Å². The summed E-state index contributed by atoms with van der Waals surface area (Å²) in [5.74, 6) is -0.427. The molecule has 5 heteroatoms. The molecule has 1 heterocycles. The summed E-state index contributed by atoms with van der Waals surface area (Å²) in [5, 5.41) is 5.34. The summed E-state index contributed by atoms with van der Waals surface area (Å²) >= 11 is 0. The minimum absolute atomic E-state index is 0.0237. The lowest BCUT2D eigenvalue weighted by molar-refractivity contribution is -0.126. The molecule has 0 saturated heterocycles. The van der Waals surface area contributed by atoms with Gasteiger partial charge in [-0.3, -0.25) is 14.6 Å². The first kappa shape index (κ1) is 13.2. The predicted octanol–water partition coefficient (Wildman–Crippen LogP) is 1.18. The number of aromatic nitrogens is 1. The van der Waals surface area contributed by atoms with E-state index in [0.717, 1.165) is 0 Å². The van der Waals surface area contributed by atoms with Crippen LogP contribution in [0.3, 0.4) is 0 Å². The van der Waals surface area contributed by atoms with Gasteiger partial charge in [0.25, 0.3) is 0 Å². The molecule has 0 aliphatic rings. The first-order chi connectivity index (χ1) is 8.00. The number of nitrogens with one attached hydrogen (secondary N) is 2. The zero-order chi connectivity index (χ0) is 12.8. The third-order valence-electron chi connectivity index (χ3n) is 2.24. The molecule has 1 rings (SSSR count). The Morgan fingerprint density at radius 2 is 2.06 bits per heavy atom. The van der Waals surface area contributed by atoms with E-state index in [1.165, 1.54) is 6.92 Å². The highest BCUT2D eigenvalue weighted by Gasteiger charge is 2.22. The maximum atomic E-state index is 11.9. The minimum Gasteiger partial charge on any atom is -0.344 e. The smallest absolute Gasteiger partial charge is 0.247 e. The molecule has 0 aliphatic heterocycles. The Labute approximate surface area is 101 Å². The third-order valence-corrected chi connectivity index (χ3v) is 2.24. The molecule has 0 radical (unpaired) electrons. The van der Waals surface area contributed by atoms with E-state index in [9.17, 15) is 9.59 Å². The summed E-state index contributed by atoms with van der Waals surface area (Å²) in [5.41, 5.74) is 0.619. The van der Waals surface area contributed by atoms with Crippen LogP contribution in [0.2, 0.25) is 0 Å². The van der Waals surface area contributed by atoms with Gasteiger partial charge in [0.05, 0.1) is 11.9 Å². The van der Waals surface area contributed by atoms with Gasteiger partial charge in [-0.15, -0.1) is 0 Å². The van der Waals surface area contributed by atoms with Crippen LogP contribution in [0.1, 0.15) is 20.8 Å². The van der Waals surface area contributed by atoms with E-state index in [-0.39, 0.29) is 17.7 Å². The van der Waals surface area contributed by atoms with Gasteiger partial charge in [0.15, 0.2) is 0 Å². The van der Waals surface area contributed by atoms with E-state index in [4.69, 9.17) is 0 Å². The third kappa shape index (κ3) is 4.22. The van der Waals surface area contributed by atoms with Crippen LogP contribution in [-0.4, -0.2) is 22.8 Å². The maximum absolute atomic E-state index is 11.9. The highest BCUT2D eigenvalue weighted by Crippen LogP contribution is 2.07. The van der Waals surface area contributed by atoms with E-state index in [0.29, 0.717) is 5.69 Å². The predicted molar refractivity (Wildman–Crippen MR) is 65.3 cm³/mol. The number of hydrogen-bond acceptors (Lipinski definition) is 3. The molecule has 1 aromatic heterocycles. The Balaban J connectivity index is 2.69. The molecule has 0 aliphatic carbocycles. The Hall–Kier alpha value is -1.91. The largest absolute Gasteiger partial charge is 0.344 e. The fourth-order valence-electron chi connectivity index (χ4n) is 1.41. The molecule has 92 valence electrons. The fourth-order valence-corrected chi connectivity index (χ4v) is 1.41. The van der Waals surface area contributed by atoms with E-state index in [1.807, 2.05) is 13.8 Å². The molecular weight excluding hydrogens is 218 g/mol. The van der Waals surface area contributed by atoms with E-state index < -0.39 is 6.04 Å². The lowest BCUT2D eigenvalue weighted by Gasteiger charge is -2.20. The van der Waals surface area contributed by atoms with Crippen LogP contribution in [0.5, 0.6) is 0 Å². The summed E-state index contributed by atoms with van der Waals surface area (Å²) in [4.78, 5) is 26.8. The summed E-state index contributed by atoms with van der Waals surface area (Å²) in [7, 11) is 0. The highest BCUT2D eigenvalue weighted by atomic mass is 16.2. The molecule has 0 bridgehead atoms. The van der Waals surface area contributed by atoms with Gasteiger partial charge in [-0.2, -0.15) is 0 Å². The zero-order valence-corrected chi connectivity index (χ0v) is 10.2. The number of hydrogen-bond donors (Lipinski definition) is 2. The number of anilines is 1. The van der Waals surface area contributed by atoms with Crippen molar-refractivity contribution in [2.24, 2.45) is 5.92 Å². The number of carbonyl (C=O) groups is 2. The molecule has 2 amide bonds. The molecule has 0 saturated carbocycles. The minimum atomic E-state index is -0.535. The lowest BCUT2D eigenvalue weighted by Crippen LogP contribution is -2.46. The van der Waals surface area contributed by atoms with E-state index in [2.05, 4.69) is 15.6 Å². The van der Waals surface area contributed by atoms with Crippen LogP contribution in [0.15, 0.2) is 24.5 Å². The first-order valence-electron chi connectivity index (χ1n) is 5.48. The zero-order valence-electron chi connectivity index (χ0n) is 10.2. The second kappa shape index (κ2) is 5.98. The Bertz CT molecular complexity index is 390. The monoisotopic (exact) mass is 235 g/mol. The van der Waals surface area contributed by atoms with Crippen molar-refractivity contribution in [2.45, 2.75) is 26.8 Å². The van der Waals surface area contributed by atoms with Crippen LogP contribution in [0.25, 0.3) is 0 Å². The molecular formula is C12H17N3O2. The van der Waals surface area contributed by atoms with Gasteiger partial charge in [0.1, 0.15) is 6.04 Å². The van der Waals surface area contributed by atoms with Crippen molar-refractivity contribution in [3.63, 3.8) is 0 Å². The molecule has 17 heavy (non-hydrogen) atoms. The molecule has 0 fully saturated rings. The van der Waals surface area contributed by atoms with Crippen LogP contribution in [0, 0.1) is 5.92 Å². The van der Waals surface area contributed by atoms with Crippen LogP contribution in [0.4, 0.5) is 5.69 Å². The van der Waals surface area contributed by atoms with Gasteiger partial charge in [-0.05, 0) is 18.1 Å². The number of amides is 2. The maximum Gasteiger partial charge on any atom is 0.247 e. The standard InChI is InChI=1S/C12H17N3O2/c1-8(2)11(14-9(3)16)12(17)15-10-5-4-6-13-7-10/h4-8,11H,1-3H3,(H,14,16)(H,15,17). The van der Waals surface area contributed by atoms with E-state index in [1.54, 1.807) is 24.5 Å². The molecule has 5 nitrogen and oxygen atoms in total.